The molecule has 2 fully saturated rings. The van der Waals surface area contributed by atoms with E-state index < -0.39 is 0 Å². The Kier molecular flexibility index (Phi) is 5.28. The predicted octanol–water partition coefficient (Wildman–Crippen LogP) is 3.53. The van der Waals surface area contributed by atoms with Gasteiger partial charge in [0.05, 0.1) is 0 Å². The first-order valence-corrected chi connectivity index (χ1v) is 10.1. The van der Waals surface area contributed by atoms with Crippen LogP contribution < -0.4 is 5.32 Å². The van der Waals surface area contributed by atoms with Crippen molar-refractivity contribution in [3.8, 4) is 5.69 Å². The van der Waals surface area contributed by atoms with Crippen molar-refractivity contribution in [1.82, 2.24) is 14.8 Å². The van der Waals surface area contributed by atoms with Crippen molar-refractivity contribution in [3.05, 3.63) is 54.4 Å². The molecule has 1 N–H and O–H groups in total. The summed E-state index contributed by atoms with van der Waals surface area (Å²) in [4.78, 5) is 27.5. The number of nitrogens with one attached hydrogen (secondary N) is 1. The topological polar surface area (TPSA) is 54.3 Å². The van der Waals surface area contributed by atoms with Crippen LogP contribution in [-0.2, 0) is 4.79 Å². The van der Waals surface area contributed by atoms with Crippen molar-refractivity contribution in [2.45, 2.75) is 57.0 Å². The second-order valence-electron chi connectivity index (χ2n) is 7.64. The highest BCUT2D eigenvalue weighted by Crippen LogP contribution is 2.23. The van der Waals surface area contributed by atoms with E-state index in [4.69, 9.17) is 0 Å². The van der Waals surface area contributed by atoms with E-state index in [2.05, 4.69) is 5.32 Å². The summed E-state index contributed by atoms with van der Waals surface area (Å²) in [6.07, 6.45) is 11.4. The van der Waals surface area contributed by atoms with E-state index in [1.807, 2.05) is 53.4 Å². The summed E-state index contributed by atoms with van der Waals surface area (Å²) in [5.74, 6) is -0.0212. The molecule has 2 aromatic rings. The zero-order valence-corrected chi connectivity index (χ0v) is 15.6. The largest absolute Gasteiger partial charge is 0.352 e. The van der Waals surface area contributed by atoms with Crippen LogP contribution >= 0.6 is 0 Å². The number of nitrogens with zero attached hydrogens (tertiary/aromatic N) is 2. The fourth-order valence-corrected chi connectivity index (χ4v) is 4.28. The van der Waals surface area contributed by atoms with E-state index in [0.29, 0.717) is 12.1 Å². The van der Waals surface area contributed by atoms with Gasteiger partial charge in [-0.3, -0.25) is 9.59 Å². The van der Waals surface area contributed by atoms with Crippen molar-refractivity contribution in [2.75, 3.05) is 6.54 Å². The van der Waals surface area contributed by atoms with E-state index in [0.717, 1.165) is 31.4 Å². The van der Waals surface area contributed by atoms with Crippen LogP contribution in [0.4, 0.5) is 0 Å². The van der Waals surface area contributed by atoms with Gasteiger partial charge in [-0.05, 0) is 62.1 Å². The smallest absolute Gasteiger partial charge is 0.254 e. The molecule has 1 saturated heterocycles. The van der Waals surface area contributed by atoms with Crippen LogP contribution in [0, 0.1) is 0 Å². The Hall–Kier alpha value is -2.56. The van der Waals surface area contributed by atoms with E-state index in [9.17, 15) is 9.59 Å². The molecular weight excluding hydrogens is 338 g/mol. The third-order valence-electron chi connectivity index (χ3n) is 5.78. The van der Waals surface area contributed by atoms with Gasteiger partial charge in [0.1, 0.15) is 6.04 Å². The average molecular weight is 365 g/mol. The number of carbonyl (C=O) groups is 2. The third-order valence-corrected chi connectivity index (χ3v) is 5.78. The van der Waals surface area contributed by atoms with Crippen LogP contribution in [-0.4, -0.2) is 39.9 Å². The molecule has 1 aliphatic carbocycles. The van der Waals surface area contributed by atoms with Gasteiger partial charge in [-0.2, -0.15) is 0 Å². The number of aromatic nitrogens is 1. The summed E-state index contributed by atoms with van der Waals surface area (Å²) < 4.78 is 2.00. The fourth-order valence-electron chi connectivity index (χ4n) is 4.28. The molecule has 5 heteroatoms. The van der Waals surface area contributed by atoms with Crippen LogP contribution in [0.3, 0.4) is 0 Å². The number of hydrogen-bond donors (Lipinski definition) is 1. The van der Waals surface area contributed by atoms with Crippen molar-refractivity contribution in [2.24, 2.45) is 0 Å². The summed E-state index contributed by atoms with van der Waals surface area (Å²) >= 11 is 0. The number of carbonyl (C=O) groups excluding carboxylic acids is 2. The van der Waals surface area contributed by atoms with Gasteiger partial charge in [0.15, 0.2) is 0 Å². The maximum absolute atomic E-state index is 13.0. The summed E-state index contributed by atoms with van der Waals surface area (Å²) in [5, 5.41) is 3.19. The van der Waals surface area contributed by atoms with Crippen LogP contribution in [0.25, 0.3) is 5.69 Å². The summed E-state index contributed by atoms with van der Waals surface area (Å²) in [5.41, 5.74) is 1.66. The van der Waals surface area contributed by atoms with E-state index in [-0.39, 0.29) is 23.9 Å². The molecule has 0 bridgehead atoms. The van der Waals surface area contributed by atoms with Crippen LogP contribution in [0.5, 0.6) is 0 Å². The zero-order chi connectivity index (χ0) is 18.6. The van der Waals surface area contributed by atoms with E-state index in [1.165, 1.54) is 19.3 Å². The molecule has 4 rings (SSSR count). The number of amides is 2. The average Bonchev–Trinajstić information content (AvgIpc) is 3.40. The SMILES string of the molecule is O=C(NC1CCCCC1)[C@@H]1CCCN1C(=O)c1ccc(-n2cccc2)cc1. The van der Waals surface area contributed by atoms with Gasteiger partial charge in [-0.25, -0.2) is 0 Å². The summed E-state index contributed by atoms with van der Waals surface area (Å²) in [6.45, 7) is 0.654. The second-order valence-corrected chi connectivity index (χ2v) is 7.64. The van der Waals surface area contributed by atoms with Crippen LogP contribution in [0.1, 0.15) is 55.3 Å². The van der Waals surface area contributed by atoms with E-state index in [1.54, 1.807) is 4.90 Å². The monoisotopic (exact) mass is 365 g/mol. The maximum atomic E-state index is 13.0. The Morgan fingerprint density at radius 1 is 0.889 bits per heavy atom. The van der Waals surface area contributed by atoms with Crippen molar-refractivity contribution in [3.63, 3.8) is 0 Å². The minimum absolute atomic E-state index is 0.0247. The molecular formula is C22H27N3O2. The first kappa shape index (κ1) is 17.8. The first-order chi connectivity index (χ1) is 13.2. The Labute approximate surface area is 160 Å². The first-order valence-electron chi connectivity index (χ1n) is 10.1. The second kappa shape index (κ2) is 7.99. The molecule has 1 aromatic heterocycles. The third kappa shape index (κ3) is 3.92. The number of likely N-dealkylation sites (tertiary alicyclic amines) is 1. The Morgan fingerprint density at radius 2 is 1.59 bits per heavy atom. The minimum Gasteiger partial charge on any atom is -0.352 e. The molecule has 2 heterocycles. The number of benzene rings is 1. The number of rotatable bonds is 4. The van der Waals surface area contributed by atoms with Gasteiger partial charge in [0.2, 0.25) is 5.91 Å². The number of hydrogen-bond acceptors (Lipinski definition) is 2. The predicted molar refractivity (Wildman–Crippen MR) is 105 cm³/mol. The van der Waals surface area contributed by atoms with Gasteiger partial charge >= 0.3 is 0 Å². The van der Waals surface area contributed by atoms with Gasteiger partial charge in [-0.1, -0.05) is 19.3 Å². The Bertz CT molecular complexity index is 776. The minimum atomic E-state index is -0.330. The van der Waals surface area contributed by atoms with Crippen LogP contribution in [0.2, 0.25) is 0 Å². The molecule has 2 amide bonds. The molecule has 142 valence electrons. The lowest BCUT2D eigenvalue weighted by molar-refractivity contribution is -0.125. The highest BCUT2D eigenvalue weighted by molar-refractivity contribution is 5.98. The molecule has 1 aromatic carbocycles. The molecule has 1 atom stereocenters. The van der Waals surface area contributed by atoms with Crippen molar-refractivity contribution < 1.29 is 9.59 Å². The normalized spacial score (nSPS) is 20.6. The van der Waals surface area contributed by atoms with Gasteiger partial charge in [0, 0.05) is 36.2 Å². The zero-order valence-electron chi connectivity index (χ0n) is 15.6. The van der Waals surface area contributed by atoms with Gasteiger partial charge in [-0.15, -0.1) is 0 Å². The molecule has 27 heavy (non-hydrogen) atoms. The standard InChI is InChI=1S/C22H27N3O2/c26-21(23-18-7-2-1-3-8-18)20-9-6-16-25(20)22(27)17-10-12-19(13-11-17)24-14-4-5-15-24/h4-5,10-15,18,20H,1-3,6-9,16H2,(H,23,26)/t20-/m0/s1. The lowest BCUT2D eigenvalue weighted by Gasteiger charge is -2.28. The molecule has 5 nitrogen and oxygen atoms in total. The van der Waals surface area contributed by atoms with Gasteiger partial charge in [0.25, 0.3) is 5.91 Å². The molecule has 0 unspecified atom stereocenters. The quantitative estimate of drug-likeness (QED) is 0.901. The molecule has 2 aliphatic rings. The highest BCUT2D eigenvalue weighted by atomic mass is 16.2. The Morgan fingerprint density at radius 3 is 2.30 bits per heavy atom. The summed E-state index contributed by atoms with van der Waals surface area (Å²) in [7, 11) is 0. The maximum Gasteiger partial charge on any atom is 0.254 e. The lowest BCUT2D eigenvalue weighted by Crippen LogP contribution is -2.49. The fraction of sp³-hybridized carbons (Fsp3) is 0.455. The van der Waals surface area contributed by atoms with Crippen LogP contribution in [0.15, 0.2) is 48.8 Å². The molecule has 0 spiro atoms. The van der Waals surface area contributed by atoms with Crippen molar-refractivity contribution >= 4 is 11.8 Å². The van der Waals surface area contributed by atoms with Crippen molar-refractivity contribution in [1.29, 1.82) is 0 Å². The highest BCUT2D eigenvalue weighted by Gasteiger charge is 2.35. The lowest BCUT2D eigenvalue weighted by atomic mass is 9.95. The molecule has 0 radical (unpaired) electrons. The molecule has 1 aliphatic heterocycles. The van der Waals surface area contributed by atoms with E-state index >= 15 is 0 Å². The van der Waals surface area contributed by atoms with Gasteiger partial charge < -0.3 is 14.8 Å². The summed E-state index contributed by atoms with van der Waals surface area (Å²) in [6, 6.07) is 11.5. The Balaban J connectivity index is 1.43. The molecule has 1 saturated carbocycles.